The summed E-state index contributed by atoms with van der Waals surface area (Å²) in [5.41, 5.74) is 2.80. The Morgan fingerprint density at radius 2 is 1.79 bits per heavy atom. The monoisotopic (exact) mass is 834 g/mol. The van der Waals surface area contributed by atoms with E-state index in [0.717, 1.165) is 50.9 Å². The Bertz CT molecular complexity index is 2710. The highest BCUT2D eigenvalue weighted by Gasteiger charge is 2.47. The molecule has 5 aliphatic heterocycles. The van der Waals surface area contributed by atoms with Crippen molar-refractivity contribution in [2.45, 2.75) is 56.6 Å². The van der Waals surface area contributed by atoms with Crippen LogP contribution < -0.4 is 15.1 Å². The summed E-state index contributed by atoms with van der Waals surface area (Å²) in [6, 6.07) is 11.6. The zero-order valence-corrected chi connectivity index (χ0v) is 34.0. The molecule has 15 nitrogen and oxygen atoms in total. The number of hydrogen-bond acceptors (Lipinski definition) is 12. The third-order valence-corrected chi connectivity index (χ3v) is 13.3. The first-order valence-electron chi connectivity index (χ1n) is 20.8. The number of imidazole rings is 1. The van der Waals surface area contributed by atoms with Crippen molar-refractivity contribution in [1.82, 2.24) is 44.1 Å². The molecule has 0 radical (unpaired) electrons. The Labute approximate surface area is 349 Å². The summed E-state index contributed by atoms with van der Waals surface area (Å²) < 4.78 is 59.7. The molecule has 4 saturated heterocycles. The lowest BCUT2D eigenvalue weighted by atomic mass is 9.82. The fourth-order valence-corrected chi connectivity index (χ4v) is 10.1. The second-order valence-corrected chi connectivity index (χ2v) is 17.0. The van der Waals surface area contributed by atoms with Gasteiger partial charge < -0.3 is 34.1 Å². The number of amides is 1. The summed E-state index contributed by atoms with van der Waals surface area (Å²) >= 11 is 0. The molecule has 5 atom stereocenters. The summed E-state index contributed by atoms with van der Waals surface area (Å²) in [5.74, 6) is 0.582. The molecule has 316 valence electrons. The lowest BCUT2D eigenvalue weighted by molar-refractivity contribution is -0.132. The number of anilines is 3. The molecule has 0 saturated carbocycles. The van der Waals surface area contributed by atoms with Gasteiger partial charge in [-0.2, -0.15) is 15.1 Å². The number of piperidine rings is 1. The van der Waals surface area contributed by atoms with Crippen LogP contribution in [0.2, 0.25) is 0 Å². The van der Waals surface area contributed by atoms with Gasteiger partial charge in [-0.05, 0) is 50.1 Å². The van der Waals surface area contributed by atoms with Crippen LogP contribution in [0.3, 0.4) is 0 Å². The number of carbonyl (C=O) groups is 1. The van der Waals surface area contributed by atoms with Crippen LogP contribution in [0.4, 0.5) is 30.8 Å². The molecule has 2 aromatic carbocycles. The number of halogens is 3. The Kier molecular flexibility index (Phi) is 9.16. The van der Waals surface area contributed by atoms with Crippen LogP contribution in [-0.4, -0.2) is 140 Å². The summed E-state index contributed by atoms with van der Waals surface area (Å²) in [5, 5.41) is 8.70. The number of pyridine rings is 1. The zero-order valence-electron chi connectivity index (χ0n) is 34.0. The molecule has 4 fully saturated rings. The summed E-state index contributed by atoms with van der Waals surface area (Å²) in [6.45, 7) is 7.01. The Morgan fingerprint density at radius 1 is 0.918 bits per heavy atom. The van der Waals surface area contributed by atoms with E-state index in [-0.39, 0.29) is 30.2 Å². The van der Waals surface area contributed by atoms with Gasteiger partial charge in [0, 0.05) is 82.6 Å². The standard InChI is InChI=1S/C43H45F3N12O3/c1-23-48-34-13-26(45)11-30-33-5-4-6-38(50-33)49-27-14-37(42(59)53(2)19-29(60-3)20-55(23)39(30)34)56(18-27)40-31-15-47-58(36-8-7-25(44)12-32(36)46)41(31)52-43(51-40)57-17-24-16-54(10-9-35(24)57)28-21-61-22-28/h4-8,11-13,15,24,27-29,35,37H,9-10,14,16-22H2,1-3H3,(H,49,50)/t24?,27-,29-,35?,37-/m0/s1. The maximum absolute atomic E-state index is 15.5. The SMILES string of the molecule is CO[C@H]1CN(C)C(=O)[C@@H]2C[C@@H](CN2c2nc(N3CC4CN(C5COC5)CCC43)nc3c2cnn3-c2ccc(F)cc2F)Nc2cccc(n2)-c2cc(F)cc3nc(C)n(c23)C1. The van der Waals surface area contributed by atoms with Gasteiger partial charge in [0.25, 0.3) is 0 Å². The van der Waals surface area contributed by atoms with Crippen molar-refractivity contribution in [1.29, 1.82) is 0 Å². The number of hydrogen-bond donors (Lipinski definition) is 1. The van der Waals surface area contributed by atoms with Crippen molar-refractivity contribution in [3.05, 3.63) is 78.0 Å². The molecule has 11 rings (SSSR count). The first-order valence-corrected chi connectivity index (χ1v) is 20.8. The maximum atomic E-state index is 15.5. The number of ether oxygens (including phenoxy) is 2. The molecule has 61 heavy (non-hydrogen) atoms. The number of carbonyl (C=O) groups excluding carboxylic acids is 1. The van der Waals surface area contributed by atoms with E-state index in [1.807, 2.05) is 34.6 Å². The van der Waals surface area contributed by atoms with Crippen LogP contribution in [0.1, 0.15) is 18.7 Å². The molecule has 18 heteroatoms. The smallest absolute Gasteiger partial charge is 0.245 e. The number of nitrogens with one attached hydrogen (secondary N) is 1. The normalized spacial score (nSPS) is 24.7. The van der Waals surface area contributed by atoms with Crippen molar-refractivity contribution in [3.63, 3.8) is 0 Å². The van der Waals surface area contributed by atoms with Gasteiger partial charge in [0.05, 0.1) is 60.2 Å². The minimum Gasteiger partial charge on any atom is -0.378 e. The van der Waals surface area contributed by atoms with E-state index in [9.17, 15) is 9.18 Å². The highest BCUT2D eigenvalue weighted by molar-refractivity contribution is 5.94. The second kappa shape index (κ2) is 14.7. The quantitative estimate of drug-likeness (QED) is 0.264. The number of aryl methyl sites for hydroxylation is 1. The van der Waals surface area contributed by atoms with Crippen LogP contribution in [0, 0.1) is 30.3 Å². The average molecular weight is 835 g/mol. The summed E-state index contributed by atoms with van der Waals surface area (Å²) in [4.78, 5) is 43.3. The number of likely N-dealkylation sites (N-methyl/N-ethyl adjacent to an activating group) is 1. The predicted molar refractivity (Wildman–Crippen MR) is 221 cm³/mol. The maximum Gasteiger partial charge on any atom is 0.245 e. The van der Waals surface area contributed by atoms with E-state index in [0.29, 0.717) is 82.7 Å². The molecule has 5 aliphatic rings. The van der Waals surface area contributed by atoms with Crippen molar-refractivity contribution in [2.75, 3.05) is 75.2 Å². The van der Waals surface area contributed by atoms with Gasteiger partial charge in [0.15, 0.2) is 11.5 Å². The van der Waals surface area contributed by atoms with Gasteiger partial charge in [-0.3, -0.25) is 9.69 Å². The highest BCUT2D eigenvalue weighted by atomic mass is 19.1. The van der Waals surface area contributed by atoms with E-state index < -0.39 is 29.6 Å². The minimum atomic E-state index is -0.782. The van der Waals surface area contributed by atoms with E-state index in [1.165, 1.54) is 28.9 Å². The molecular formula is C43H45F3N12O3. The number of benzene rings is 2. The van der Waals surface area contributed by atoms with E-state index in [2.05, 4.69) is 20.2 Å². The number of nitrogens with zero attached hydrogens (tertiary/aromatic N) is 11. The molecule has 0 aliphatic carbocycles. The first kappa shape index (κ1) is 38.1. The molecule has 2 unspecified atom stereocenters. The van der Waals surface area contributed by atoms with Gasteiger partial charge in [-0.1, -0.05) is 6.07 Å². The Morgan fingerprint density at radius 3 is 2.57 bits per heavy atom. The molecule has 4 aromatic heterocycles. The lowest BCUT2D eigenvalue weighted by Crippen LogP contribution is -2.66. The molecule has 9 heterocycles. The van der Waals surface area contributed by atoms with Crippen LogP contribution in [0.25, 0.3) is 39.0 Å². The molecule has 0 spiro atoms. The van der Waals surface area contributed by atoms with Gasteiger partial charge in [0.1, 0.15) is 40.8 Å². The third-order valence-electron chi connectivity index (χ3n) is 13.3. The van der Waals surface area contributed by atoms with Gasteiger partial charge in [-0.25, -0.2) is 27.8 Å². The number of rotatable bonds is 5. The highest BCUT2D eigenvalue weighted by Crippen LogP contribution is 2.40. The number of fused-ring (bicyclic) bond motifs is 7. The van der Waals surface area contributed by atoms with Gasteiger partial charge >= 0.3 is 0 Å². The zero-order chi connectivity index (χ0) is 41.7. The van der Waals surface area contributed by atoms with Gasteiger partial charge in [0.2, 0.25) is 11.9 Å². The minimum absolute atomic E-state index is 0.0442. The van der Waals surface area contributed by atoms with Crippen LogP contribution in [0.15, 0.2) is 54.7 Å². The Balaban J connectivity index is 1.01. The number of methoxy groups -OCH3 is 1. The van der Waals surface area contributed by atoms with Crippen LogP contribution in [0.5, 0.6) is 0 Å². The molecule has 4 bridgehead atoms. The fourth-order valence-electron chi connectivity index (χ4n) is 10.1. The molecule has 6 aromatic rings. The topological polar surface area (TPSA) is 135 Å². The van der Waals surface area contributed by atoms with Crippen molar-refractivity contribution >= 4 is 45.6 Å². The van der Waals surface area contributed by atoms with Crippen LogP contribution in [-0.2, 0) is 20.8 Å². The molecule has 1 amide bonds. The molecule has 1 N–H and O–H groups in total. The van der Waals surface area contributed by atoms with Crippen molar-refractivity contribution in [3.8, 4) is 16.9 Å². The predicted octanol–water partition coefficient (Wildman–Crippen LogP) is 4.41. The second-order valence-electron chi connectivity index (χ2n) is 17.0. The first-order chi connectivity index (χ1) is 29.6. The van der Waals surface area contributed by atoms with Crippen molar-refractivity contribution in [2.24, 2.45) is 5.92 Å². The van der Waals surface area contributed by atoms with Gasteiger partial charge in [-0.15, -0.1) is 0 Å². The summed E-state index contributed by atoms with van der Waals surface area (Å²) in [7, 11) is 3.39. The van der Waals surface area contributed by atoms with E-state index in [4.69, 9.17) is 29.4 Å². The lowest BCUT2D eigenvalue weighted by Gasteiger charge is -2.55. The average Bonchev–Trinajstić information content (AvgIpc) is 3.91. The Hall–Kier alpha value is -5.85. The van der Waals surface area contributed by atoms with E-state index >= 15 is 8.78 Å². The largest absolute Gasteiger partial charge is 0.378 e. The third kappa shape index (κ3) is 6.45. The van der Waals surface area contributed by atoms with Crippen molar-refractivity contribution < 1.29 is 27.4 Å². The summed E-state index contributed by atoms with van der Waals surface area (Å²) in [6.07, 6.45) is 2.47. The van der Waals surface area contributed by atoms with E-state index in [1.54, 1.807) is 25.3 Å². The number of aromatic nitrogens is 7. The number of likely N-dealkylation sites (tertiary alicyclic amines) is 1. The van der Waals surface area contributed by atoms with Crippen LogP contribution >= 0.6 is 0 Å². The molecular weight excluding hydrogens is 790 g/mol. The fraction of sp³-hybridized carbons (Fsp3) is 0.442.